The van der Waals surface area contributed by atoms with Crippen LogP contribution in [0.15, 0.2) is 0 Å². The van der Waals surface area contributed by atoms with Gasteiger partial charge in [0.2, 0.25) is 11.8 Å². The van der Waals surface area contributed by atoms with Gasteiger partial charge in [0.25, 0.3) is 0 Å². The molecule has 0 aromatic rings. The van der Waals surface area contributed by atoms with Crippen molar-refractivity contribution in [2.24, 2.45) is 5.92 Å². The summed E-state index contributed by atoms with van der Waals surface area (Å²) in [4.78, 5) is 69.9. The van der Waals surface area contributed by atoms with Crippen molar-refractivity contribution >= 4 is 35.3 Å². The van der Waals surface area contributed by atoms with Gasteiger partial charge in [0.1, 0.15) is 19.0 Å². The number of unbranched alkanes of at least 4 members (excludes halogenated alkanes) is 9. The zero-order chi connectivity index (χ0) is 37.1. The predicted molar refractivity (Wildman–Crippen MR) is 187 cm³/mol. The Balaban J connectivity index is 3.68. The van der Waals surface area contributed by atoms with E-state index in [1.54, 1.807) is 0 Å². The fraction of sp³-hybridized carbons (Fsp3) is 0.833. The number of carboxylic acids is 2. The number of Topliss-reactive ketones (excluding diaryl/α,β-unsaturated/α-hetero) is 2. The quantitative estimate of drug-likeness (QED) is 0.0663. The lowest BCUT2D eigenvalue weighted by Gasteiger charge is -2.12. The van der Waals surface area contributed by atoms with Crippen molar-refractivity contribution in [1.82, 2.24) is 10.6 Å². The molecule has 0 aromatic carbocycles. The molecular formula is C36H64N2O12. The minimum Gasteiger partial charge on any atom is -0.481 e. The fourth-order valence-electron chi connectivity index (χ4n) is 4.91. The molecule has 0 rings (SSSR count). The van der Waals surface area contributed by atoms with Crippen LogP contribution in [-0.4, -0.2) is 111 Å². The highest BCUT2D eigenvalue weighted by molar-refractivity contribution is 5.84. The summed E-state index contributed by atoms with van der Waals surface area (Å²) in [5.41, 5.74) is 0. The molecule has 0 aliphatic carbocycles. The Morgan fingerprint density at radius 2 is 1.04 bits per heavy atom. The summed E-state index contributed by atoms with van der Waals surface area (Å²) in [6, 6.07) is 0. The number of nitrogens with one attached hydrogen (secondary N) is 2. The van der Waals surface area contributed by atoms with Gasteiger partial charge in [0.15, 0.2) is 5.78 Å². The maximum absolute atomic E-state index is 12.3. The van der Waals surface area contributed by atoms with Crippen molar-refractivity contribution in [2.45, 2.75) is 122 Å². The SMILES string of the molecule is CCCNC(=O)COCCOCCCC(=O)COCCOCCNC(=O)CC[C@H](CC(=O)CCCCCCCCCCCCC(=O)O)C(=O)O. The molecule has 0 bridgehead atoms. The second kappa shape index (κ2) is 34.5. The lowest BCUT2D eigenvalue weighted by Crippen LogP contribution is -2.29. The molecule has 0 radical (unpaired) electrons. The third-order valence-electron chi connectivity index (χ3n) is 7.76. The summed E-state index contributed by atoms with van der Waals surface area (Å²) in [6.45, 7) is 4.61. The van der Waals surface area contributed by atoms with Gasteiger partial charge in [0, 0.05) is 51.8 Å². The number of aliphatic carboxylic acids is 2. The molecule has 14 nitrogen and oxygen atoms in total. The molecule has 0 fully saturated rings. The summed E-state index contributed by atoms with van der Waals surface area (Å²) in [6.07, 6.45) is 12.3. The van der Waals surface area contributed by atoms with Gasteiger partial charge in [-0.25, -0.2) is 0 Å². The number of carbonyl (C=O) groups excluding carboxylic acids is 4. The Labute approximate surface area is 298 Å². The van der Waals surface area contributed by atoms with E-state index in [0.29, 0.717) is 45.6 Å². The minimum absolute atomic E-state index is 0.00305. The summed E-state index contributed by atoms with van der Waals surface area (Å²) in [5, 5.41) is 23.5. The molecule has 14 heteroatoms. The first kappa shape index (κ1) is 47.1. The molecule has 0 aliphatic heterocycles. The lowest BCUT2D eigenvalue weighted by molar-refractivity contribution is -0.144. The van der Waals surface area contributed by atoms with E-state index in [1.165, 1.54) is 0 Å². The van der Waals surface area contributed by atoms with Crippen molar-refractivity contribution < 1.29 is 57.9 Å². The highest BCUT2D eigenvalue weighted by atomic mass is 16.5. The largest absolute Gasteiger partial charge is 0.481 e. The number of hydrogen-bond donors (Lipinski definition) is 4. The maximum Gasteiger partial charge on any atom is 0.306 e. The van der Waals surface area contributed by atoms with Crippen LogP contribution in [0.25, 0.3) is 0 Å². The average molecular weight is 717 g/mol. The number of amides is 2. The summed E-state index contributed by atoms with van der Waals surface area (Å²) < 4.78 is 21.3. The number of ether oxygens (including phenoxy) is 4. The first-order chi connectivity index (χ1) is 24.1. The topological polar surface area (TPSA) is 204 Å². The van der Waals surface area contributed by atoms with E-state index in [0.717, 1.165) is 70.6 Å². The van der Waals surface area contributed by atoms with Crippen LogP contribution in [0.2, 0.25) is 0 Å². The Hall–Kier alpha value is -2.94. The van der Waals surface area contributed by atoms with Crippen molar-refractivity contribution in [3.8, 4) is 0 Å². The summed E-state index contributed by atoms with van der Waals surface area (Å²) in [7, 11) is 0. The molecule has 50 heavy (non-hydrogen) atoms. The Morgan fingerprint density at radius 1 is 0.520 bits per heavy atom. The molecule has 0 spiro atoms. The summed E-state index contributed by atoms with van der Waals surface area (Å²) in [5.74, 6) is -3.29. The van der Waals surface area contributed by atoms with E-state index in [1.807, 2.05) is 6.92 Å². The molecule has 1 atom stereocenters. The van der Waals surface area contributed by atoms with E-state index < -0.39 is 17.9 Å². The molecule has 0 unspecified atom stereocenters. The fourth-order valence-corrected chi connectivity index (χ4v) is 4.91. The predicted octanol–water partition coefficient (Wildman–Crippen LogP) is 4.25. The van der Waals surface area contributed by atoms with Crippen LogP contribution in [0.4, 0.5) is 0 Å². The maximum atomic E-state index is 12.3. The van der Waals surface area contributed by atoms with Crippen LogP contribution < -0.4 is 10.6 Å². The van der Waals surface area contributed by atoms with Crippen LogP contribution in [0, 0.1) is 5.92 Å². The Bertz CT molecular complexity index is 931. The van der Waals surface area contributed by atoms with Crippen LogP contribution in [-0.2, 0) is 47.7 Å². The number of carbonyl (C=O) groups is 6. The van der Waals surface area contributed by atoms with Crippen LogP contribution in [0.3, 0.4) is 0 Å². The van der Waals surface area contributed by atoms with E-state index in [9.17, 15) is 33.9 Å². The number of carboxylic acid groups (broad SMARTS) is 2. The van der Waals surface area contributed by atoms with Crippen molar-refractivity contribution in [2.75, 3.05) is 65.9 Å². The van der Waals surface area contributed by atoms with Crippen LogP contribution >= 0.6 is 0 Å². The van der Waals surface area contributed by atoms with Gasteiger partial charge < -0.3 is 39.8 Å². The van der Waals surface area contributed by atoms with Crippen molar-refractivity contribution in [3.63, 3.8) is 0 Å². The minimum atomic E-state index is -1.07. The average Bonchev–Trinajstić information content (AvgIpc) is 3.08. The number of ketones is 2. The van der Waals surface area contributed by atoms with Gasteiger partial charge in [-0.2, -0.15) is 0 Å². The molecule has 4 N–H and O–H groups in total. The standard InChI is InChI=1S/C36H64N2O12/c1-2-19-37-34(42)29-50-26-23-47-21-13-15-32(40)28-49-25-24-48-22-20-38-33(41)18-17-30(36(45)46)27-31(39)14-11-9-7-5-3-4-6-8-10-12-16-35(43)44/h30H,2-29H2,1H3,(H,37,42)(H,38,41)(H,43,44)(H,45,46)/t30-/m1/s1. The monoisotopic (exact) mass is 716 g/mol. The first-order valence-corrected chi connectivity index (χ1v) is 18.5. The zero-order valence-electron chi connectivity index (χ0n) is 30.4. The third-order valence-corrected chi connectivity index (χ3v) is 7.76. The smallest absolute Gasteiger partial charge is 0.306 e. The Morgan fingerprint density at radius 3 is 1.64 bits per heavy atom. The number of hydrogen-bond acceptors (Lipinski definition) is 10. The summed E-state index contributed by atoms with van der Waals surface area (Å²) >= 11 is 0. The second-order valence-electron chi connectivity index (χ2n) is 12.4. The first-order valence-electron chi connectivity index (χ1n) is 18.5. The van der Waals surface area contributed by atoms with E-state index in [-0.39, 0.29) is 88.6 Å². The molecule has 2 amide bonds. The Kier molecular flexibility index (Phi) is 32.5. The van der Waals surface area contributed by atoms with Crippen molar-refractivity contribution in [3.05, 3.63) is 0 Å². The van der Waals surface area contributed by atoms with Gasteiger partial charge in [-0.05, 0) is 32.1 Å². The lowest BCUT2D eigenvalue weighted by atomic mass is 9.94. The normalized spacial score (nSPS) is 11.6. The highest BCUT2D eigenvalue weighted by Crippen LogP contribution is 2.16. The third kappa shape index (κ3) is 33.6. The van der Waals surface area contributed by atoms with Gasteiger partial charge in [-0.15, -0.1) is 0 Å². The highest BCUT2D eigenvalue weighted by Gasteiger charge is 2.22. The molecule has 0 saturated heterocycles. The second-order valence-corrected chi connectivity index (χ2v) is 12.4. The van der Waals surface area contributed by atoms with Gasteiger partial charge in [-0.1, -0.05) is 58.3 Å². The molecule has 0 aliphatic rings. The molecule has 0 aromatic heterocycles. The van der Waals surface area contributed by atoms with Gasteiger partial charge >= 0.3 is 11.9 Å². The molecule has 0 heterocycles. The van der Waals surface area contributed by atoms with E-state index >= 15 is 0 Å². The number of rotatable bonds is 38. The molecule has 290 valence electrons. The van der Waals surface area contributed by atoms with Crippen LogP contribution in [0.1, 0.15) is 122 Å². The van der Waals surface area contributed by atoms with Gasteiger partial charge in [-0.3, -0.25) is 28.8 Å². The van der Waals surface area contributed by atoms with Crippen molar-refractivity contribution in [1.29, 1.82) is 0 Å². The van der Waals surface area contributed by atoms with E-state index in [2.05, 4.69) is 10.6 Å². The van der Waals surface area contributed by atoms with Gasteiger partial charge in [0.05, 0.1) is 39.0 Å². The zero-order valence-corrected chi connectivity index (χ0v) is 30.4. The van der Waals surface area contributed by atoms with E-state index in [4.69, 9.17) is 24.1 Å². The molecule has 0 saturated carbocycles. The molecular weight excluding hydrogens is 652 g/mol. The van der Waals surface area contributed by atoms with Crippen LogP contribution in [0.5, 0.6) is 0 Å².